The van der Waals surface area contributed by atoms with Gasteiger partial charge < -0.3 is 29.5 Å². The second-order valence-corrected chi connectivity index (χ2v) is 10.2. The van der Waals surface area contributed by atoms with Gasteiger partial charge in [0.05, 0.1) is 36.4 Å². The fraction of sp³-hybridized carbons (Fsp3) is 0.577. The molecule has 1 amide bonds. The summed E-state index contributed by atoms with van der Waals surface area (Å²) in [5, 5.41) is 21.3. The zero-order valence-electron chi connectivity index (χ0n) is 21.4. The molecule has 1 saturated carbocycles. The standard InChI is InChI=1S/C26H33N7O5/c1-36-20-6-9-27-24-22(20)23(31-32-24)15-7-10-33(11-8-15)21-13-18(25(35)28-17-4-5-19(17)34)29-26(30-21)38-14-16-3-2-12-37-16/h6,9,13,15-17,19,34H,2-5,7-8,10-12,14H2,1H3,(H,28,35)(H,27,31,32)/t16-,17-,19+/m0/s1. The van der Waals surface area contributed by atoms with Crippen molar-refractivity contribution in [2.24, 2.45) is 0 Å². The number of fused-ring (bicyclic) bond motifs is 1. The Hall–Kier alpha value is -3.51. The minimum Gasteiger partial charge on any atom is -0.496 e. The van der Waals surface area contributed by atoms with E-state index in [1.807, 2.05) is 6.07 Å². The zero-order chi connectivity index (χ0) is 26.1. The lowest BCUT2D eigenvalue weighted by atomic mass is 9.89. The van der Waals surface area contributed by atoms with E-state index in [0.717, 1.165) is 68.6 Å². The molecule has 3 aromatic heterocycles. The van der Waals surface area contributed by atoms with Crippen molar-refractivity contribution in [3.63, 3.8) is 0 Å². The number of aromatic amines is 1. The average Bonchev–Trinajstić information content (AvgIpc) is 3.64. The SMILES string of the molecule is COc1ccnc2n[nH]c(C3CCN(c4cc(C(=O)N[C@H]5CC[C@H]5O)nc(OC[C@@H]5CCCO5)n4)CC3)c12. The van der Waals surface area contributed by atoms with Crippen molar-refractivity contribution in [3.8, 4) is 11.8 Å². The number of methoxy groups -OCH3 is 1. The smallest absolute Gasteiger partial charge is 0.319 e. The minimum atomic E-state index is -0.512. The summed E-state index contributed by atoms with van der Waals surface area (Å²) >= 11 is 0. The van der Waals surface area contributed by atoms with Gasteiger partial charge in [-0.2, -0.15) is 15.1 Å². The number of hydrogen-bond acceptors (Lipinski definition) is 10. The van der Waals surface area contributed by atoms with Gasteiger partial charge in [-0.1, -0.05) is 0 Å². The third kappa shape index (κ3) is 4.97. The topological polar surface area (TPSA) is 148 Å². The molecule has 1 aliphatic carbocycles. The lowest BCUT2D eigenvalue weighted by molar-refractivity contribution is 0.0444. The summed E-state index contributed by atoms with van der Waals surface area (Å²) in [7, 11) is 1.65. The molecule has 0 bridgehead atoms. The number of nitrogens with one attached hydrogen (secondary N) is 2. The van der Waals surface area contributed by atoms with E-state index in [1.165, 1.54) is 0 Å². The normalized spacial score (nSPS) is 23.8. The van der Waals surface area contributed by atoms with Gasteiger partial charge in [-0.15, -0.1) is 0 Å². The Morgan fingerprint density at radius 2 is 2.11 bits per heavy atom. The van der Waals surface area contributed by atoms with Gasteiger partial charge in [0.2, 0.25) is 0 Å². The maximum absolute atomic E-state index is 13.0. The molecule has 0 spiro atoms. The Labute approximate surface area is 220 Å². The van der Waals surface area contributed by atoms with Gasteiger partial charge in [-0.25, -0.2) is 4.98 Å². The number of amides is 1. The molecule has 12 nitrogen and oxygen atoms in total. The quantitative estimate of drug-likeness (QED) is 0.400. The van der Waals surface area contributed by atoms with Crippen molar-refractivity contribution in [1.82, 2.24) is 30.5 Å². The molecule has 202 valence electrons. The van der Waals surface area contributed by atoms with Crippen molar-refractivity contribution >= 4 is 22.8 Å². The molecule has 3 N–H and O–H groups in total. The second kappa shape index (κ2) is 10.7. The highest BCUT2D eigenvalue weighted by atomic mass is 16.5. The molecule has 12 heteroatoms. The number of piperidine rings is 1. The van der Waals surface area contributed by atoms with Gasteiger partial charge in [-0.3, -0.25) is 9.89 Å². The van der Waals surface area contributed by atoms with Gasteiger partial charge >= 0.3 is 6.01 Å². The van der Waals surface area contributed by atoms with Crippen LogP contribution in [0.5, 0.6) is 11.8 Å². The number of nitrogens with zero attached hydrogens (tertiary/aromatic N) is 5. The fourth-order valence-corrected chi connectivity index (χ4v) is 5.40. The van der Waals surface area contributed by atoms with Crippen LogP contribution in [0.4, 0.5) is 5.82 Å². The van der Waals surface area contributed by atoms with Gasteiger partial charge in [0, 0.05) is 37.9 Å². The molecule has 5 heterocycles. The van der Waals surface area contributed by atoms with Gasteiger partial charge in [-0.05, 0) is 44.6 Å². The van der Waals surface area contributed by atoms with E-state index >= 15 is 0 Å². The summed E-state index contributed by atoms with van der Waals surface area (Å²) in [6.07, 6.45) is 6.31. The summed E-state index contributed by atoms with van der Waals surface area (Å²) < 4.78 is 17.1. The minimum absolute atomic E-state index is 0.0103. The first-order chi connectivity index (χ1) is 18.6. The Kier molecular flexibility index (Phi) is 6.98. The highest BCUT2D eigenvalue weighted by Gasteiger charge is 2.32. The number of hydrogen-bond donors (Lipinski definition) is 3. The Bertz CT molecular complexity index is 1290. The summed E-state index contributed by atoms with van der Waals surface area (Å²) in [4.78, 5) is 28.5. The first-order valence-electron chi connectivity index (χ1n) is 13.3. The van der Waals surface area contributed by atoms with E-state index in [-0.39, 0.29) is 35.7 Å². The van der Waals surface area contributed by atoms with E-state index in [2.05, 4.69) is 35.4 Å². The predicted octanol–water partition coefficient (Wildman–Crippen LogP) is 1.95. The molecule has 2 aliphatic heterocycles. The monoisotopic (exact) mass is 523 g/mol. The first-order valence-corrected chi connectivity index (χ1v) is 13.3. The van der Waals surface area contributed by atoms with Crippen LogP contribution < -0.4 is 19.7 Å². The average molecular weight is 524 g/mol. The van der Waals surface area contributed by atoms with Gasteiger partial charge in [0.25, 0.3) is 5.91 Å². The highest BCUT2D eigenvalue weighted by molar-refractivity contribution is 5.93. The van der Waals surface area contributed by atoms with Crippen LogP contribution in [-0.4, -0.2) is 87.8 Å². The Morgan fingerprint density at radius 3 is 2.82 bits per heavy atom. The maximum Gasteiger partial charge on any atom is 0.319 e. The molecule has 3 aliphatic rings. The largest absolute Gasteiger partial charge is 0.496 e. The molecular formula is C26H33N7O5. The summed E-state index contributed by atoms with van der Waals surface area (Å²) in [6.45, 7) is 2.54. The highest BCUT2D eigenvalue weighted by Crippen LogP contribution is 2.36. The number of pyridine rings is 1. The van der Waals surface area contributed by atoms with Crippen LogP contribution in [0.3, 0.4) is 0 Å². The molecule has 3 fully saturated rings. The van der Waals surface area contributed by atoms with Crippen LogP contribution in [0.1, 0.15) is 60.6 Å². The molecule has 0 radical (unpaired) electrons. The molecule has 38 heavy (non-hydrogen) atoms. The molecule has 0 unspecified atom stereocenters. The van der Waals surface area contributed by atoms with Gasteiger partial charge in [0.15, 0.2) is 5.65 Å². The van der Waals surface area contributed by atoms with Crippen molar-refractivity contribution in [2.75, 3.05) is 38.3 Å². The number of rotatable bonds is 8. The van der Waals surface area contributed by atoms with Crippen LogP contribution >= 0.6 is 0 Å². The van der Waals surface area contributed by atoms with Gasteiger partial charge in [0.1, 0.15) is 23.9 Å². The van der Waals surface area contributed by atoms with Crippen LogP contribution in [0.25, 0.3) is 11.0 Å². The van der Waals surface area contributed by atoms with Crippen LogP contribution in [-0.2, 0) is 4.74 Å². The number of ether oxygens (including phenoxy) is 3. The fourth-order valence-electron chi connectivity index (χ4n) is 5.40. The predicted molar refractivity (Wildman–Crippen MR) is 138 cm³/mol. The lowest BCUT2D eigenvalue weighted by Crippen LogP contribution is -2.50. The van der Waals surface area contributed by atoms with E-state index in [0.29, 0.717) is 24.5 Å². The molecule has 2 saturated heterocycles. The third-order valence-corrected chi connectivity index (χ3v) is 7.79. The van der Waals surface area contributed by atoms with Crippen molar-refractivity contribution < 1.29 is 24.1 Å². The second-order valence-electron chi connectivity index (χ2n) is 10.2. The van der Waals surface area contributed by atoms with E-state index in [9.17, 15) is 9.90 Å². The van der Waals surface area contributed by atoms with E-state index in [1.54, 1.807) is 19.4 Å². The summed E-state index contributed by atoms with van der Waals surface area (Å²) in [5.41, 5.74) is 1.92. The molecule has 6 rings (SSSR count). The third-order valence-electron chi connectivity index (χ3n) is 7.79. The number of carbonyl (C=O) groups is 1. The summed E-state index contributed by atoms with van der Waals surface area (Å²) in [5.74, 6) is 1.33. The lowest BCUT2D eigenvalue weighted by Gasteiger charge is -2.33. The molecular weight excluding hydrogens is 490 g/mol. The van der Waals surface area contributed by atoms with E-state index < -0.39 is 6.10 Å². The van der Waals surface area contributed by atoms with Crippen LogP contribution in [0, 0.1) is 0 Å². The molecule has 3 atom stereocenters. The van der Waals surface area contributed by atoms with Crippen molar-refractivity contribution in [3.05, 3.63) is 29.7 Å². The van der Waals surface area contributed by atoms with E-state index in [4.69, 9.17) is 14.2 Å². The Morgan fingerprint density at radius 1 is 1.24 bits per heavy atom. The molecule has 0 aromatic carbocycles. The number of aromatic nitrogens is 5. The van der Waals surface area contributed by atoms with Crippen molar-refractivity contribution in [2.45, 2.75) is 62.7 Å². The van der Waals surface area contributed by atoms with Crippen molar-refractivity contribution in [1.29, 1.82) is 0 Å². The summed E-state index contributed by atoms with van der Waals surface area (Å²) in [6, 6.07) is 3.47. The van der Waals surface area contributed by atoms with Crippen LogP contribution in [0.15, 0.2) is 18.3 Å². The first kappa shape index (κ1) is 24.8. The number of H-pyrrole nitrogens is 1. The zero-order valence-corrected chi connectivity index (χ0v) is 21.4. The number of aliphatic hydroxyl groups excluding tert-OH is 1. The molecule has 3 aromatic rings. The van der Waals surface area contributed by atoms with Crippen LogP contribution in [0.2, 0.25) is 0 Å². The Balaban J connectivity index is 1.19. The maximum atomic E-state index is 13.0. The number of carbonyl (C=O) groups excluding carboxylic acids is 1. The number of anilines is 1. The number of aliphatic hydroxyl groups is 1.